The van der Waals surface area contributed by atoms with Crippen LogP contribution in [0.25, 0.3) is 0 Å². The van der Waals surface area contributed by atoms with Gasteiger partial charge in [-0.05, 0) is 64.0 Å². The second kappa shape index (κ2) is 15.2. The summed E-state index contributed by atoms with van der Waals surface area (Å²) in [6.07, 6.45) is 2.46. The summed E-state index contributed by atoms with van der Waals surface area (Å²) in [7, 11) is 0. The molecule has 1 saturated heterocycles. The van der Waals surface area contributed by atoms with Crippen LogP contribution in [0.4, 0.5) is 0 Å². The molecule has 4 unspecified atom stereocenters. The molecule has 0 radical (unpaired) electrons. The highest BCUT2D eigenvalue weighted by Crippen LogP contribution is 2.10. The molecule has 0 bridgehead atoms. The molecule has 3 amide bonds. The molecule has 8 N–H and O–H groups in total. The van der Waals surface area contributed by atoms with Gasteiger partial charge in [-0.15, -0.1) is 0 Å². The number of carboxylic acids is 2. The van der Waals surface area contributed by atoms with Crippen LogP contribution in [0.15, 0.2) is 0 Å². The van der Waals surface area contributed by atoms with Crippen LogP contribution >= 0.6 is 0 Å². The van der Waals surface area contributed by atoms with Gasteiger partial charge >= 0.3 is 11.9 Å². The maximum Gasteiger partial charge on any atom is 0.326 e. The van der Waals surface area contributed by atoms with Crippen LogP contribution in [-0.4, -0.2) is 77.1 Å². The maximum atomic E-state index is 13.0. The van der Waals surface area contributed by atoms with Crippen LogP contribution in [0.3, 0.4) is 0 Å². The lowest BCUT2D eigenvalue weighted by Crippen LogP contribution is -2.57. The molecule has 12 nitrogen and oxygen atoms in total. The first-order valence-corrected chi connectivity index (χ1v) is 11.8. The van der Waals surface area contributed by atoms with Gasteiger partial charge in [-0.3, -0.25) is 19.2 Å². The average molecular weight is 486 g/mol. The van der Waals surface area contributed by atoms with Crippen LogP contribution in [0, 0.1) is 5.92 Å². The molecule has 1 heterocycles. The lowest BCUT2D eigenvalue weighted by molar-refractivity contribution is -0.142. The Hall–Kier alpha value is -2.73. The third-order valence-corrected chi connectivity index (χ3v) is 5.56. The van der Waals surface area contributed by atoms with E-state index in [4.69, 9.17) is 10.8 Å². The van der Waals surface area contributed by atoms with Crippen molar-refractivity contribution in [1.82, 2.24) is 21.3 Å². The zero-order valence-electron chi connectivity index (χ0n) is 20.0. The maximum absolute atomic E-state index is 13.0. The smallest absolute Gasteiger partial charge is 0.326 e. The second-order valence-corrected chi connectivity index (χ2v) is 9.02. The van der Waals surface area contributed by atoms with Gasteiger partial charge in [-0.1, -0.05) is 13.8 Å². The summed E-state index contributed by atoms with van der Waals surface area (Å²) in [5.41, 5.74) is 5.52. The quantitative estimate of drug-likeness (QED) is 0.138. The van der Waals surface area contributed by atoms with Crippen molar-refractivity contribution in [1.29, 1.82) is 0 Å². The summed E-state index contributed by atoms with van der Waals surface area (Å²) in [6.45, 7) is 4.72. The van der Waals surface area contributed by atoms with Crippen LogP contribution in [0.1, 0.15) is 65.2 Å². The van der Waals surface area contributed by atoms with Crippen LogP contribution in [0.2, 0.25) is 0 Å². The first-order valence-electron chi connectivity index (χ1n) is 11.8. The summed E-state index contributed by atoms with van der Waals surface area (Å²) in [5.74, 6) is -4.04. The molecule has 194 valence electrons. The summed E-state index contributed by atoms with van der Waals surface area (Å²) in [5, 5.41) is 29.1. The molecule has 34 heavy (non-hydrogen) atoms. The molecule has 0 aromatic rings. The van der Waals surface area contributed by atoms with E-state index in [1.165, 1.54) is 0 Å². The van der Waals surface area contributed by atoms with Gasteiger partial charge in [0, 0.05) is 6.42 Å². The average Bonchev–Trinajstić information content (AvgIpc) is 3.29. The number of amides is 3. The van der Waals surface area contributed by atoms with Gasteiger partial charge in [-0.2, -0.15) is 0 Å². The number of hydrogen-bond acceptors (Lipinski definition) is 7. The van der Waals surface area contributed by atoms with Gasteiger partial charge in [0.25, 0.3) is 0 Å². The number of aliphatic carboxylic acids is 2. The standard InChI is InChI=1S/C22H39N5O7/c1-13(2)12-17(22(33)34)27-20(31)15(6-3-4-10-23)25-21(32)16(8-9-18(28)29)26-19(30)14-7-5-11-24-14/h13-17,24H,3-12,23H2,1-2H3,(H,25,32)(H,26,30)(H,27,31)(H,28,29)(H,33,34). The topological polar surface area (TPSA) is 200 Å². The SMILES string of the molecule is CC(C)CC(NC(=O)C(CCCCN)NC(=O)C(CCC(=O)O)NC(=O)C1CCCN1)C(=O)O. The highest BCUT2D eigenvalue weighted by atomic mass is 16.4. The number of rotatable bonds is 16. The molecule has 0 spiro atoms. The predicted molar refractivity (Wildman–Crippen MR) is 124 cm³/mol. The zero-order valence-corrected chi connectivity index (χ0v) is 20.0. The normalized spacial score (nSPS) is 18.1. The van der Waals surface area contributed by atoms with E-state index in [1.807, 2.05) is 13.8 Å². The Kier molecular flexibility index (Phi) is 13.1. The number of carboxylic acid groups (broad SMARTS) is 2. The van der Waals surface area contributed by atoms with Gasteiger partial charge in [0.2, 0.25) is 17.7 Å². The minimum atomic E-state index is -1.18. The highest BCUT2D eigenvalue weighted by Gasteiger charge is 2.31. The molecule has 0 aliphatic carbocycles. The first-order chi connectivity index (χ1) is 16.0. The van der Waals surface area contributed by atoms with E-state index < -0.39 is 53.8 Å². The van der Waals surface area contributed by atoms with Crippen molar-refractivity contribution in [2.24, 2.45) is 11.7 Å². The molecular weight excluding hydrogens is 446 g/mol. The summed E-state index contributed by atoms with van der Waals surface area (Å²) in [6, 6.07) is -3.78. The molecule has 0 saturated carbocycles. The van der Waals surface area contributed by atoms with Crippen molar-refractivity contribution in [3.8, 4) is 0 Å². The Balaban J connectivity index is 2.94. The van der Waals surface area contributed by atoms with Crippen molar-refractivity contribution in [3.05, 3.63) is 0 Å². The van der Waals surface area contributed by atoms with E-state index in [1.54, 1.807) is 0 Å². The Morgan fingerprint density at radius 3 is 2.06 bits per heavy atom. The second-order valence-electron chi connectivity index (χ2n) is 9.02. The van der Waals surface area contributed by atoms with Gasteiger partial charge < -0.3 is 37.2 Å². The van der Waals surface area contributed by atoms with Crippen molar-refractivity contribution in [2.75, 3.05) is 13.1 Å². The monoisotopic (exact) mass is 485 g/mol. The first kappa shape index (κ1) is 29.3. The van der Waals surface area contributed by atoms with Gasteiger partial charge in [-0.25, -0.2) is 4.79 Å². The van der Waals surface area contributed by atoms with Crippen molar-refractivity contribution in [2.45, 2.75) is 89.4 Å². The summed E-state index contributed by atoms with van der Waals surface area (Å²) in [4.78, 5) is 61.0. The van der Waals surface area contributed by atoms with Gasteiger partial charge in [0.1, 0.15) is 18.1 Å². The van der Waals surface area contributed by atoms with Crippen LogP contribution in [-0.2, 0) is 24.0 Å². The number of carbonyl (C=O) groups excluding carboxylic acids is 3. The molecule has 1 rings (SSSR count). The van der Waals surface area contributed by atoms with Crippen LogP contribution in [0.5, 0.6) is 0 Å². The van der Waals surface area contributed by atoms with E-state index in [0.717, 1.165) is 6.42 Å². The molecule has 12 heteroatoms. The number of hydrogen-bond donors (Lipinski definition) is 7. The summed E-state index contributed by atoms with van der Waals surface area (Å²) < 4.78 is 0. The summed E-state index contributed by atoms with van der Waals surface area (Å²) >= 11 is 0. The zero-order chi connectivity index (χ0) is 25.7. The largest absolute Gasteiger partial charge is 0.481 e. The molecule has 0 aromatic carbocycles. The molecule has 0 aromatic heterocycles. The van der Waals surface area contributed by atoms with E-state index in [2.05, 4.69) is 21.3 Å². The fourth-order valence-electron chi connectivity index (χ4n) is 3.72. The van der Waals surface area contributed by atoms with Crippen molar-refractivity contribution < 1.29 is 34.2 Å². The molecule has 4 atom stereocenters. The van der Waals surface area contributed by atoms with E-state index in [9.17, 15) is 29.1 Å². The fraction of sp³-hybridized carbons (Fsp3) is 0.773. The Bertz CT molecular complexity index is 710. The predicted octanol–water partition coefficient (Wildman–Crippen LogP) is -0.683. The van der Waals surface area contributed by atoms with E-state index in [-0.39, 0.29) is 31.6 Å². The third-order valence-electron chi connectivity index (χ3n) is 5.56. The number of nitrogens with one attached hydrogen (secondary N) is 4. The Morgan fingerprint density at radius 1 is 0.941 bits per heavy atom. The molecule has 1 aliphatic rings. The Labute approximate surface area is 199 Å². The Morgan fingerprint density at radius 2 is 1.56 bits per heavy atom. The minimum Gasteiger partial charge on any atom is -0.481 e. The van der Waals surface area contributed by atoms with E-state index >= 15 is 0 Å². The van der Waals surface area contributed by atoms with Gasteiger partial charge in [0.15, 0.2) is 0 Å². The number of unbranched alkanes of at least 4 members (excludes halogenated alkanes) is 1. The lowest BCUT2D eigenvalue weighted by atomic mass is 10.0. The third kappa shape index (κ3) is 10.9. The van der Waals surface area contributed by atoms with Crippen LogP contribution < -0.4 is 27.0 Å². The van der Waals surface area contributed by atoms with E-state index in [0.29, 0.717) is 32.4 Å². The molecule has 1 aliphatic heterocycles. The van der Waals surface area contributed by atoms with Crippen molar-refractivity contribution in [3.63, 3.8) is 0 Å². The van der Waals surface area contributed by atoms with Gasteiger partial charge in [0.05, 0.1) is 6.04 Å². The number of carbonyl (C=O) groups is 5. The lowest BCUT2D eigenvalue weighted by Gasteiger charge is -2.25. The molecular formula is C22H39N5O7. The molecule has 1 fully saturated rings. The minimum absolute atomic E-state index is 0.0199. The van der Waals surface area contributed by atoms with Crippen molar-refractivity contribution >= 4 is 29.7 Å². The fourth-order valence-corrected chi connectivity index (χ4v) is 3.72. The highest BCUT2D eigenvalue weighted by molar-refractivity contribution is 5.94. The number of nitrogens with two attached hydrogens (primary N) is 1.